The van der Waals surface area contributed by atoms with Crippen LogP contribution < -0.4 is 10.1 Å². The standard InChI is InChI=1S/C14H20N4O2/c1-10-17-13(18-20-10)9-19-12-6-5-11(15-8-12)7-16-14(2,3)4/h5-6,8,16H,7,9H2,1-4H3. The molecule has 0 aliphatic carbocycles. The monoisotopic (exact) mass is 276 g/mol. The van der Waals surface area contributed by atoms with E-state index in [4.69, 9.17) is 9.26 Å². The van der Waals surface area contributed by atoms with Gasteiger partial charge in [-0.2, -0.15) is 4.98 Å². The van der Waals surface area contributed by atoms with Crippen LogP contribution >= 0.6 is 0 Å². The average molecular weight is 276 g/mol. The zero-order chi connectivity index (χ0) is 14.6. The van der Waals surface area contributed by atoms with E-state index in [0.717, 1.165) is 12.2 Å². The second kappa shape index (κ2) is 6.00. The van der Waals surface area contributed by atoms with Crippen molar-refractivity contribution in [1.29, 1.82) is 0 Å². The van der Waals surface area contributed by atoms with Crippen LogP contribution in [-0.4, -0.2) is 20.7 Å². The third kappa shape index (κ3) is 4.62. The highest BCUT2D eigenvalue weighted by Gasteiger charge is 2.09. The summed E-state index contributed by atoms with van der Waals surface area (Å²) in [7, 11) is 0. The van der Waals surface area contributed by atoms with Gasteiger partial charge in [0.25, 0.3) is 0 Å². The Morgan fingerprint density at radius 1 is 1.30 bits per heavy atom. The second-order valence-corrected chi connectivity index (χ2v) is 5.61. The van der Waals surface area contributed by atoms with Gasteiger partial charge < -0.3 is 14.6 Å². The molecule has 0 aliphatic rings. The summed E-state index contributed by atoms with van der Waals surface area (Å²) in [6, 6.07) is 3.83. The van der Waals surface area contributed by atoms with Crippen LogP contribution in [0.1, 0.15) is 38.2 Å². The van der Waals surface area contributed by atoms with E-state index in [1.807, 2.05) is 12.1 Å². The first-order valence-corrected chi connectivity index (χ1v) is 6.54. The van der Waals surface area contributed by atoms with Crippen molar-refractivity contribution >= 4 is 0 Å². The number of aryl methyl sites for hydroxylation is 1. The van der Waals surface area contributed by atoms with E-state index in [1.54, 1.807) is 13.1 Å². The number of hydrogen-bond acceptors (Lipinski definition) is 6. The fraction of sp³-hybridized carbons (Fsp3) is 0.500. The molecule has 0 amide bonds. The number of nitrogens with one attached hydrogen (secondary N) is 1. The van der Waals surface area contributed by atoms with Gasteiger partial charge in [-0.1, -0.05) is 5.16 Å². The lowest BCUT2D eigenvalue weighted by Gasteiger charge is -2.20. The molecule has 0 saturated heterocycles. The van der Waals surface area contributed by atoms with E-state index >= 15 is 0 Å². The summed E-state index contributed by atoms with van der Waals surface area (Å²) in [6.45, 7) is 9.12. The van der Waals surface area contributed by atoms with Crippen molar-refractivity contribution in [3.8, 4) is 5.75 Å². The first-order valence-electron chi connectivity index (χ1n) is 6.54. The maximum atomic E-state index is 5.54. The molecule has 0 fully saturated rings. The van der Waals surface area contributed by atoms with Crippen molar-refractivity contribution < 1.29 is 9.26 Å². The van der Waals surface area contributed by atoms with Crippen LogP contribution in [0, 0.1) is 6.92 Å². The molecule has 2 aromatic heterocycles. The number of ether oxygens (including phenoxy) is 1. The molecule has 2 aromatic rings. The number of aromatic nitrogens is 3. The normalized spacial score (nSPS) is 11.6. The summed E-state index contributed by atoms with van der Waals surface area (Å²) in [6.07, 6.45) is 1.70. The molecule has 20 heavy (non-hydrogen) atoms. The summed E-state index contributed by atoms with van der Waals surface area (Å²) in [5.41, 5.74) is 1.05. The Morgan fingerprint density at radius 2 is 2.10 bits per heavy atom. The number of hydrogen-bond donors (Lipinski definition) is 1. The first-order chi connectivity index (χ1) is 9.42. The lowest BCUT2D eigenvalue weighted by Crippen LogP contribution is -2.35. The molecule has 6 heteroatoms. The maximum absolute atomic E-state index is 5.54. The van der Waals surface area contributed by atoms with E-state index in [9.17, 15) is 0 Å². The van der Waals surface area contributed by atoms with Crippen LogP contribution in [0.4, 0.5) is 0 Å². The summed E-state index contributed by atoms with van der Waals surface area (Å²) in [4.78, 5) is 8.41. The van der Waals surface area contributed by atoms with Crippen molar-refractivity contribution in [3.63, 3.8) is 0 Å². The molecule has 0 saturated carbocycles. The highest BCUT2D eigenvalue weighted by Crippen LogP contribution is 2.11. The predicted molar refractivity (Wildman–Crippen MR) is 74.2 cm³/mol. The number of nitrogens with zero attached hydrogens (tertiary/aromatic N) is 3. The van der Waals surface area contributed by atoms with E-state index in [-0.39, 0.29) is 12.1 Å². The maximum Gasteiger partial charge on any atom is 0.223 e. The van der Waals surface area contributed by atoms with Crippen LogP contribution in [0.5, 0.6) is 5.75 Å². The lowest BCUT2D eigenvalue weighted by molar-refractivity contribution is 0.284. The molecular weight excluding hydrogens is 256 g/mol. The van der Waals surface area contributed by atoms with Gasteiger partial charge >= 0.3 is 0 Å². The highest BCUT2D eigenvalue weighted by atomic mass is 16.5. The van der Waals surface area contributed by atoms with Crippen LogP contribution in [0.2, 0.25) is 0 Å². The van der Waals surface area contributed by atoms with Crippen LogP contribution in [0.3, 0.4) is 0 Å². The fourth-order valence-corrected chi connectivity index (χ4v) is 1.50. The van der Waals surface area contributed by atoms with Crippen LogP contribution in [0.15, 0.2) is 22.9 Å². The van der Waals surface area contributed by atoms with Crippen molar-refractivity contribution in [3.05, 3.63) is 35.7 Å². The lowest BCUT2D eigenvalue weighted by atomic mass is 10.1. The third-order valence-corrected chi connectivity index (χ3v) is 2.54. The van der Waals surface area contributed by atoms with Gasteiger partial charge in [0.15, 0.2) is 6.61 Å². The molecule has 108 valence electrons. The third-order valence-electron chi connectivity index (χ3n) is 2.54. The Kier molecular flexibility index (Phi) is 4.34. The Hall–Kier alpha value is -1.95. The number of rotatable bonds is 5. The van der Waals surface area contributed by atoms with Gasteiger partial charge in [-0.15, -0.1) is 0 Å². The fourth-order valence-electron chi connectivity index (χ4n) is 1.50. The zero-order valence-corrected chi connectivity index (χ0v) is 12.3. The molecular formula is C14H20N4O2. The van der Waals surface area contributed by atoms with E-state index in [1.165, 1.54) is 0 Å². The van der Waals surface area contributed by atoms with Crippen LogP contribution in [0.25, 0.3) is 0 Å². The minimum atomic E-state index is 0.0767. The summed E-state index contributed by atoms with van der Waals surface area (Å²) in [5.74, 6) is 1.75. The van der Waals surface area contributed by atoms with Crippen molar-refractivity contribution in [2.45, 2.75) is 46.4 Å². The predicted octanol–water partition coefficient (Wildman–Crippen LogP) is 2.24. The van der Waals surface area contributed by atoms with Crippen molar-refractivity contribution in [2.24, 2.45) is 0 Å². The second-order valence-electron chi connectivity index (χ2n) is 5.61. The van der Waals surface area contributed by atoms with Crippen LogP contribution in [-0.2, 0) is 13.2 Å². The van der Waals surface area contributed by atoms with Gasteiger partial charge in [-0.25, -0.2) is 0 Å². The molecule has 0 spiro atoms. The molecule has 6 nitrogen and oxygen atoms in total. The number of pyridine rings is 1. The molecule has 0 radical (unpaired) electrons. The van der Waals surface area contributed by atoms with Gasteiger partial charge in [0.1, 0.15) is 5.75 Å². The van der Waals surface area contributed by atoms with Gasteiger partial charge in [-0.3, -0.25) is 4.98 Å². The molecule has 0 aliphatic heterocycles. The van der Waals surface area contributed by atoms with Gasteiger partial charge in [-0.05, 0) is 32.9 Å². The molecule has 2 heterocycles. The SMILES string of the molecule is Cc1nc(COc2ccc(CNC(C)(C)C)nc2)no1. The zero-order valence-electron chi connectivity index (χ0n) is 12.3. The Morgan fingerprint density at radius 3 is 2.65 bits per heavy atom. The molecule has 0 atom stereocenters. The Bertz CT molecular complexity index is 543. The quantitative estimate of drug-likeness (QED) is 0.903. The first kappa shape index (κ1) is 14.5. The van der Waals surface area contributed by atoms with Crippen molar-refractivity contribution in [1.82, 2.24) is 20.4 Å². The minimum absolute atomic E-state index is 0.0767. The van der Waals surface area contributed by atoms with E-state index < -0.39 is 0 Å². The largest absolute Gasteiger partial charge is 0.484 e. The van der Waals surface area contributed by atoms with Crippen molar-refractivity contribution in [2.75, 3.05) is 0 Å². The average Bonchev–Trinajstić information content (AvgIpc) is 2.80. The molecule has 0 aromatic carbocycles. The van der Waals surface area contributed by atoms with Gasteiger partial charge in [0.05, 0.1) is 11.9 Å². The Labute approximate surface area is 118 Å². The molecule has 1 N–H and O–H groups in total. The summed E-state index contributed by atoms with van der Waals surface area (Å²) >= 11 is 0. The molecule has 0 bridgehead atoms. The van der Waals surface area contributed by atoms with E-state index in [2.05, 4.69) is 41.2 Å². The molecule has 2 rings (SSSR count). The van der Waals surface area contributed by atoms with Gasteiger partial charge in [0.2, 0.25) is 11.7 Å². The topological polar surface area (TPSA) is 73.1 Å². The van der Waals surface area contributed by atoms with Gasteiger partial charge in [0, 0.05) is 19.0 Å². The minimum Gasteiger partial charge on any atom is -0.484 e. The highest BCUT2D eigenvalue weighted by molar-refractivity contribution is 5.20. The summed E-state index contributed by atoms with van der Waals surface area (Å²) in [5, 5.41) is 7.15. The van der Waals surface area contributed by atoms with E-state index in [0.29, 0.717) is 17.5 Å². The Balaban J connectivity index is 1.85. The smallest absolute Gasteiger partial charge is 0.223 e. The molecule has 0 unspecified atom stereocenters. The summed E-state index contributed by atoms with van der Waals surface area (Å²) < 4.78 is 10.4.